The van der Waals surface area contributed by atoms with Gasteiger partial charge in [-0.15, -0.1) is 0 Å². The maximum Gasteiger partial charge on any atom is 0.305 e. The van der Waals surface area contributed by atoms with Crippen molar-refractivity contribution < 1.29 is 24.5 Å². The van der Waals surface area contributed by atoms with E-state index in [0.717, 1.165) is 38.5 Å². The predicted octanol–water partition coefficient (Wildman–Crippen LogP) is 21.4. The quantitative estimate of drug-likeness (QED) is 0.0320. The van der Waals surface area contributed by atoms with Gasteiger partial charge in [0, 0.05) is 12.8 Å². The largest absolute Gasteiger partial charge is 0.466 e. The summed E-state index contributed by atoms with van der Waals surface area (Å²) in [5.41, 5.74) is 0. The third-order valence-electron chi connectivity index (χ3n) is 15.7. The number of unbranched alkanes of at least 4 members (excludes halogenated alkanes) is 50. The van der Waals surface area contributed by atoms with Crippen LogP contribution in [0.1, 0.15) is 373 Å². The zero-order chi connectivity index (χ0) is 53.6. The lowest BCUT2D eigenvalue weighted by Gasteiger charge is -2.20. The van der Waals surface area contributed by atoms with Crippen molar-refractivity contribution in [2.75, 3.05) is 13.2 Å². The summed E-state index contributed by atoms with van der Waals surface area (Å²) in [6.45, 7) is 4.93. The second-order valence-electron chi connectivity index (χ2n) is 23.2. The van der Waals surface area contributed by atoms with Gasteiger partial charge in [0.25, 0.3) is 0 Å². The molecule has 0 bridgehead atoms. The molecule has 0 aromatic heterocycles. The van der Waals surface area contributed by atoms with Crippen molar-refractivity contribution in [1.82, 2.24) is 5.32 Å². The molecule has 2 unspecified atom stereocenters. The number of amides is 1. The Balaban J connectivity index is 3.37. The molecule has 6 nitrogen and oxygen atoms in total. The van der Waals surface area contributed by atoms with E-state index in [0.29, 0.717) is 19.4 Å². The molecular weight excluding hydrogens is 911 g/mol. The molecular formula is C68H131NO5. The minimum atomic E-state index is -0.842. The van der Waals surface area contributed by atoms with E-state index in [2.05, 4.69) is 31.3 Å². The van der Waals surface area contributed by atoms with Gasteiger partial charge in [-0.3, -0.25) is 9.59 Å². The first kappa shape index (κ1) is 72.3. The molecule has 0 saturated heterocycles. The molecule has 74 heavy (non-hydrogen) atoms. The lowest BCUT2D eigenvalue weighted by molar-refractivity contribution is -0.143. The molecule has 0 aliphatic rings. The Hall–Kier alpha value is -1.66. The Morgan fingerprint density at radius 2 is 0.635 bits per heavy atom. The van der Waals surface area contributed by atoms with Crippen LogP contribution in [0, 0.1) is 0 Å². The van der Waals surface area contributed by atoms with Crippen molar-refractivity contribution in [3.63, 3.8) is 0 Å². The van der Waals surface area contributed by atoms with E-state index in [1.54, 1.807) is 6.08 Å². The number of aliphatic hydroxyl groups excluding tert-OH is 2. The van der Waals surface area contributed by atoms with Gasteiger partial charge in [0.1, 0.15) is 0 Å². The van der Waals surface area contributed by atoms with E-state index in [1.165, 1.54) is 308 Å². The van der Waals surface area contributed by atoms with Gasteiger partial charge in [-0.2, -0.15) is 0 Å². The number of allylic oxidation sites excluding steroid dienone is 3. The number of esters is 1. The van der Waals surface area contributed by atoms with E-state index in [1.807, 2.05) is 6.08 Å². The molecule has 3 N–H and O–H groups in total. The topological polar surface area (TPSA) is 95.9 Å². The van der Waals surface area contributed by atoms with E-state index in [4.69, 9.17) is 4.74 Å². The number of carbonyl (C=O) groups is 2. The van der Waals surface area contributed by atoms with Gasteiger partial charge in [-0.25, -0.2) is 0 Å². The summed E-state index contributed by atoms with van der Waals surface area (Å²) in [4.78, 5) is 24.5. The molecule has 0 rings (SSSR count). The average Bonchev–Trinajstić information content (AvgIpc) is 3.40. The van der Waals surface area contributed by atoms with Crippen LogP contribution in [0.3, 0.4) is 0 Å². The standard InChI is InChI=1S/C68H131NO5/c1-3-5-7-9-11-13-15-16-34-37-41-44-48-52-56-60-66(71)65(64-70)69-67(72)61-57-53-49-45-42-38-35-32-30-28-26-24-22-20-18-17-19-21-23-25-27-29-31-33-36-39-43-47-51-55-59-63-74-68(73)62-58-54-50-46-40-14-12-10-8-6-4-2/h19,21,56,60,65-66,70-71H,3-18,20,22-55,57-59,61-64H2,1-2H3,(H,69,72)/b21-19-,60-56+. The predicted molar refractivity (Wildman–Crippen MR) is 324 cm³/mol. The maximum atomic E-state index is 12.5. The zero-order valence-corrected chi connectivity index (χ0v) is 50.1. The van der Waals surface area contributed by atoms with Crippen molar-refractivity contribution in [3.8, 4) is 0 Å². The highest BCUT2D eigenvalue weighted by Crippen LogP contribution is 2.18. The SMILES string of the molecule is CCCCCCCCCCCCCCC/C=C/C(O)C(CO)NC(=O)CCCCCCCCCCCCCCCCC/C=C\CCCCCCCCCCCCCCOC(=O)CCCCCCCCCCCCC. The molecule has 6 heteroatoms. The number of rotatable bonds is 63. The number of hydrogen-bond donors (Lipinski definition) is 3. The Kier molecular flexibility index (Phi) is 62.4. The highest BCUT2D eigenvalue weighted by Gasteiger charge is 2.18. The maximum absolute atomic E-state index is 12.5. The van der Waals surface area contributed by atoms with Crippen LogP contribution in [-0.4, -0.2) is 47.4 Å². The summed E-state index contributed by atoms with van der Waals surface area (Å²) in [6, 6.07) is -0.625. The fraction of sp³-hybridized carbons (Fsp3) is 0.912. The summed E-state index contributed by atoms with van der Waals surface area (Å²) in [5, 5.41) is 23.1. The van der Waals surface area contributed by atoms with Crippen molar-refractivity contribution in [1.29, 1.82) is 0 Å². The Morgan fingerprint density at radius 1 is 0.365 bits per heavy atom. The molecule has 0 radical (unpaired) electrons. The van der Waals surface area contributed by atoms with Crippen LogP contribution < -0.4 is 5.32 Å². The van der Waals surface area contributed by atoms with Crippen LogP contribution in [0.4, 0.5) is 0 Å². The molecule has 0 aromatic rings. The number of aliphatic hydroxyl groups is 2. The van der Waals surface area contributed by atoms with E-state index in [9.17, 15) is 19.8 Å². The van der Waals surface area contributed by atoms with Crippen LogP contribution >= 0.6 is 0 Å². The van der Waals surface area contributed by atoms with Crippen LogP contribution in [-0.2, 0) is 14.3 Å². The second-order valence-corrected chi connectivity index (χ2v) is 23.2. The number of hydrogen-bond acceptors (Lipinski definition) is 5. The molecule has 0 aliphatic heterocycles. The molecule has 0 heterocycles. The van der Waals surface area contributed by atoms with Gasteiger partial charge in [-0.05, 0) is 57.8 Å². The molecule has 2 atom stereocenters. The van der Waals surface area contributed by atoms with E-state index >= 15 is 0 Å². The highest BCUT2D eigenvalue weighted by molar-refractivity contribution is 5.76. The van der Waals surface area contributed by atoms with Gasteiger partial charge in [0.2, 0.25) is 5.91 Å². The molecule has 0 fully saturated rings. The van der Waals surface area contributed by atoms with Crippen molar-refractivity contribution >= 4 is 11.9 Å². The molecule has 1 amide bonds. The van der Waals surface area contributed by atoms with Crippen molar-refractivity contribution in [2.45, 2.75) is 386 Å². The smallest absolute Gasteiger partial charge is 0.305 e. The number of nitrogens with one attached hydrogen (secondary N) is 1. The normalized spacial score (nSPS) is 12.6. The third kappa shape index (κ3) is 59.6. The molecule has 0 aromatic carbocycles. The molecule has 0 spiro atoms. The van der Waals surface area contributed by atoms with Crippen LogP contribution in [0.15, 0.2) is 24.3 Å². The summed E-state index contributed by atoms with van der Waals surface area (Å²) in [5.74, 6) is -0.0462. The van der Waals surface area contributed by atoms with Gasteiger partial charge in [0.15, 0.2) is 0 Å². The summed E-state index contributed by atoms with van der Waals surface area (Å²) in [6.07, 6.45) is 79.6. The Morgan fingerprint density at radius 3 is 0.959 bits per heavy atom. The number of ether oxygens (including phenoxy) is 1. The summed E-state index contributed by atoms with van der Waals surface area (Å²) >= 11 is 0. The minimum Gasteiger partial charge on any atom is -0.466 e. The van der Waals surface area contributed by atoms with Crippen molar-refractivity contribution in [3.05, 3.63) is 24.3 Å². The van der Waals surface area contributed by atoms with Gasteiger partial charge >= 0.3 is 5.97 Å². The van der Waals surface area contributed by atoms with Gasteiger partial charge < -0.3 is 20.3 Å². The lowest BCUT2D eigenvalue weighted by atomic mass is 10.0. The van der Waals surface area contributed by atoms with E-state index in [-0.39, 0.29) is 18.5 Å². The molecule has 438 valence electrons. The fourth-order valence-electron chi connectivity index (χ4n) is 10.6. The number of carbonyl (C=O) groups excluding carboxylic acids is 2. The summed E-state index contributed by atoms with van der Waals surface area (Å²) < 4.78 is 5.47. The summed E-state index contributed by atoms with van der Waals surface area (Å²) in [7, 11) is 0. The molecule has 0 aliphatic carbocycles. The first-order valence-electron chi connectivity index (χ1n) is 33.6. The van der Waals surface area contributed by atoms with Crippen LogP contribution in [0.25, 0.3) is 0 Å². The lowest BCUT2D eigenvalue weighted by Crippen LogP contribution is -2.45. The van der Waals surface area contributed by atoms with Crippen LogP contribution in [0.5, 0.6) is 0 Å². The van der Waals surface area contributed by atoms with Crippen LogP contribution in [0.2, 0.25) is 0 Å². The monoisotopic (exact) mass is 1040 g/mol. The Labute approximate surface area is 462 Å². The molecule has 0 saturated carbocycles. The van der Waals surface area contributed by atoms with Crippen molar-refractivity contribution in [2.24, 2.45) is 0 Å². The highest BCUT2D eigenvalue weighted by atomic mass is 16.5. The van der Waals surface area contributed by atoms with E-state index < -0.39 is 12.1 Å². The first-order valence-corrected chi connectivity index (χ1v) is 33.6. The van der Waals surface area contributed by atoms with Gasteiger partial charge in [0.05, 0.1) is 25.4 Å². The van der Waals surface area contributed by atoms with Gasteiger partial charge in [-0.1, -0.05) is 327 Å². The zero-order valence-electron chi connectivity index (χ0n) is 50.1. The fourth-order valence-corrected chi connectivity index (χ4v) is 10.6. The average molecular weight is 1040 g/mol. The second kappa shape index (κ2) is 63.9. The third-order valence-corrected chi connectivity index (χ3v) is 15.7. The first-order chi connectivity index (χ1) is 36.5. The Bertz CT molecular complexity index is 1150. The minimum absolute atomic E-state index is 0.0174.